The van der Waals surface area contributed by atoms with E-state index in [1.807, 2.05) is 6.92 Å². The summed E-state index contributed by atoms with van der Waals surface area (Å²) in [5.41, 5.74) is 0. The lowest BCUT2D eigenvalue weighted by atomic mass is 9.95. The van der Waals surface area contributed by atoms with E-state index in [1.54, 1.807) is 0 Å². The first kappa shape index (κ1) is 12.3. The first-order valence-electron chi connectivity index (χ1n) is 5.97. The fraction of sp³-hybridized carbons (Fsp3) is 0.909. The predicted molar refractivity (Wildman–Crippen MR) is 61.9 cm³/mol. The van der Waals surface area contributed by atoms with Crippen LogP contribution in [-0.2, 0) is 0 Å². The average Bonchev–Trinajstić information content (AvgIpc) is 2.25. The van der Waals surface area contributed by atoms with Gasteiger partial charge in [0.05, 0.1) is 0 Å². The van der Waals surface area contributed by atoms with Crippen molar-refractivity contribution in [2.45, 2.75) is 39.2 Å². The van der Waals surface area contributed by atoms with Gasteiger partial charge >= 0.3 is 6.03 Å². The summed E-state index contributed by atoms with van der Waals surface area (Å²) in [6.45, 7) is 6.82. The van der Waals surface area contributed by atoms with Gasteiger partial charge in [-0.1, -0.05) is 6.92 Å². The van der Waals surface area contributed by atoms with E-state index in [0.717, 1.165) is 26.1 Å². The Morgan fingerprint density at radius 1 is 1.40 bits per heavy atom. The lowest BCUT2D eigenvalue weighted by molar-refractivity contribution is 0.235. The van der Waals surface area contributed by atoms with Crippen molar-refractivity contribution in [3.63, 3.8) is 0 Å². The third-order valence-electron chi connectivity index (χ3n) is 2.85. The molecule has 0 aromatic rings. The van der Waals surface area contributed by atoms with E-state index in [1.165, 1.54) is 12.8 Å². The molecule has 1 heterocycles. The second-order valence-electron chi connectivity index (χ2n) is 4.39. The number of piperidine rings is 1. The summed E-state index contributed by atoms with van der Waals surface area (Å²) in [5, 5.41) is 9.15. The molecule has 2 amide bonds. The molecule has 15 heavy (non-hydrogen) atoms. The van der Waals surface area contributed by atoms with E-state index in [9.17, 15) is 4.79 Å². The Balaban J connectivity index is 2.06. The molecule has 0 aromatic heterocycles. The second kappa shape index (κ2) is 6.67. The van der Waals surface area contributed by atoms with Crippen LogP contribution in [0.2, 0.25) is 0 Å². The van der Waals surface area contributed by atoms with Gasteiger partial charge in [-0.3, -0.25) is 0 Å². The van der Waals surface area contributed by atoms with Crippen molar-refractivity contribution >= 4 is 6.03 Å². The summed E-state index contributed by atoms with van der Waals surface area (Å²) in [7, 11) is 0. The molecule has 2 atom stereocenters. The van der Waals surface area contributed by atoms with Crippen LogP contribution in [0.15, 0.2) is 0 Å². The van der Waals surface area contributed by atoms with Gasteiger partial charge in [-0.05, 0) is 38.6 Å². The Hall–Kier alpha value is -0.770. The summed E-state index contributed by atoms with van der Waals surface area (Å²) in [6.07, 6.45) is 3.40. The largest absolute Gasteiger partial charge is 0.338 e. The van der Waals surface area contributed by atoms with Crippen molar-refractivity contribution in [3.05, 3.63) is 0 Å². The Morgan fingerprint density at radius 2 is 2.20 bits per heavy atom. The predicted octanol–water partition coefficient (Wildman–Crippen LogP) is 1.08. The topological polar surface area (TPSA) is 53.2 Å². The number of rotatable bonds is 4. The fourth-order valence-corrected chi connectivity index (χ4v) is 1.77. The van der Waals surface area contributed by atoms with Gasteiger partial charge in [-0.25, -0.2) is 4.79 Å². The van der Waals surface area contributed by atoms with Gasteiger partial charge in [0.2, 0.25) is 0 Å². The van der Waals surface area contributed by atoms with Crippen LogP contribution in [-0.4, -0.2) is 31.7 Å². The standard InChI is InChI=1S/C11H23N3O/c1-3-6-12-11(15)14-8-10-5-4-9(2)13-7-10/h9-10,13H,3-8H2,1-2H3,(H2,12,14,15). The minimum Gasteiger partial charge on any atom is -0.338 e. The Labute approximate surface area is 92.2 Å². The molecule has 1 fully saturated rings. The van der Waals surface area contributed by atoms with Crippen LogP contribution in [0.5, 0.6) is 0 Å². The molecule has 2 unspecified atom stereocenters. The monoisotopic (exact) mass is 213 g/mol. The number of amides is 2. The molecule has 3 N–H and O–H groups in total. The number of hydrogen-bond acceptors (Lipinski definition) is 2. The maximum absolute atomic E-state index is 11.3. The van der Waals surface area contributed by atoms with Gasteiger partial charge in [0, 0.05) is 19.1 Å². The molecule has 1 rings (SSSR count). The van der Waals surface area contributed by atoms with Crippen LogP contribution in [0, 0.1) is 5.92 Å². The molecule has 0 saturated carbocycles. The quantitative estimate of drug-likeness (QED) is 0.654. The summed E-state index contributed by atoms with van der Waals surface area (Å²) in [6, 6.07) is 0.602. The van der Waals surface area contributed by atoms with E-state index in [0.29, 0.717) is 12.0 Å². The van der Waals surface area contributed by atoms with Crippen molar-refractivity contribution < 1.29 is 4.79 Å². The molecule has 0 aromatic carbocycles. The number of carbonyl (C=O) groups is 1. The highest BCUT2D eigenvalue weighted by Crippen LogP contribution is 2.12. The molecule has 1 aliphatic heterocycles. The van der Waals surface area contributed by atoms with Gasteiger partial charge in [0.15, 0.2) is 0 Å². The molecule has 88 valence electrons. The molecule has 1 saturated heterocycles. The zero-order valence-electron chi connectivity index (χ0n) is 9.81. The smallest absolute Gasteiger partial charge is 0.314 e. The summed E-state index contributed by atoms with van der Waals surface area (Å²) in [5.74, 6) is 0.591. The van der Waals surface area contributed by atoms with Crippen LogP contribution in [0.25, 0.3) is 0 Å². The molecular formula is C11H23N3O. The molecule has 0 bridgehead atoms. The molecule has 0 spiro atoms. The third kappa shape index (κ3) is 5.02. The summed E-state index contributed by atoms with van der Waals surface area (Å²) in [4.78, 5) is 11.3. The normalized spacial score (nSPS) is 26.0. The highest BCUT2D eigenvalue weighted by molar-refractivity contribution is 5.73. The Morgan fingerprint density at radius 3 is 2.80 bits per heavy atom. The molecule has 4 nitrogen and oxygen atoms in total. The van der Waals surface area contributed by atoms with Crippen LogP contribution < -0.4 is 16.0 Å². The summed E-state index contributed by atoms with van der Waals surface area (Å²) < 4.78 is 0. The van der Waals surface area contributed by atoms with Gasteiger partial charge in [-0.2, -0.15) is 0 Å². The Kier molecular flexibility index (Phi) is 5.47. The van der Waals surface area contributed by atoms with Crippen molar-refractivity contribution in [1.29, 1.82) is 0 Å². The fourth-order valence-electron chi connectivity index (χ4n) is 1.77. The van der Waals surface area contributed by atoms with Gasteiger partial charge < -0.3 is 16.0 Å². The SMILES string of the molecule is CCCNC(=O)NCC1CCC(C)NC1. The zero-order valence-corrected chi connectivity index (χ0v) is 9.81. The van der Waals surface area contributed by atoms with Crippen molar-refractivity contribution in [1.82, 2.24) is 16.0 Å². The summed E-state index contributed by atoms with van der Waals surface area (Å²) >= 11 is 0. The lowest BCUT2D eigenvalue weighted by Crippen LogP contribution is -2.44. The van der Waals surface area contributed by atoms with E-state index in [-0.39, 0.29) is 6.03 Å². The first-order valence-corrected chi connectivity index (χ1v) is 5.97. The van der Waals surface area contributed by atoms with Crippen molar-refractivity contribution in [2.24, 2.45) is 5.92 Å². The Bertz CT molecular complexity index is 188. The third-order valence-corrected chi connectivity index (χ3v) is 2.85. The molecule has 0 radical (unpaired) electrons. The second-order valence-corrected chi connectivity index (χ2v) is 4.39. The van der Waals surface area contributed by atoms with Crippen LogP contribution in [0.1, 0.15) is 33.1 Å². The van der Waals surface area contributed by atoms with Gasteiger partial charge in [0.1, 0.15) is 0 Å². The molecular weight excluding hydrogens is 190 g/mol. The highest BCUT2D eigenvalue weighted by Gasteiger charge is 2.17. The van der Waals surface area contributed by atoms with E-state index < -0.39 is 0 Å². The average molecular weight is 213 g/mol. The highest BCUT2D eigenvalue weighted by atomic mass is 16.2. The van der Waals surface area contributed by atoms with E-state index in [4.69, 9.17) is 0 Å². The minimum atomic E-state index is -0.0320. The number of carbonyl (C=O) groups excluding carboxylic acids is 1. The van der Waals surface area contributed by atoms with Crippen LogP contribution in [0.4, 0.5) is 4.79 Å². The van der Waals surface area contributed by atoms with Crippen LogP contribution in [0.3, 0.4) is 0 Å². The lowest BCUT2D eigenvalue weighted by Gasteiger charge is -2.27. The minimum absolute atomic E-state index is 0.0320. The first-order chi connectivity index (χ1) is 7.22. The van der Waals surface area contributed by atoms with Gasteiger partial charge in [0.25, 0.3) is 0 Å². The van der Waals surface area contributed by atoms with Crippen LogP contribution >= 0.6 is 0 Å². The zero-order chi connectivity index (χ0) is 11.1. The number of nitrogens with one attached hydrogen (secondary N) is 3. The van der Waals surface area contributed by atoms with E-state index >= 15 is 0 Å². The van der Waals surface area contributed by atoms with Gasteiger partial charge in [-0.15, -0.1) is 0 Å². The number of urea groups is 1. The van der Waals surface area contributed by atoms with Crippen molar-refractivity contribution in [2.75, 3.05) is 19.6 Å². The maximum atomic E-state index is 11.3. The van der Waals surface area contributed by atoms with Crippen molar-refractivity contribution in [3.8, 4) is 0 Å². The maximum Gasteiger partial charge on any atom is 0.314 e. The van der Waals surface area contributed by atoms with E-state index in [2.05, 4.69) is 22.9 Å². The molecule has 0 aliphatic carbocycles. The molecule has 1 aliphatic rings. The molecule has 4 heteroatoms. The number of hydrogen-bond donors (Lipinski definition) is 3.